The van der Waals surface area contributed by atoms with Gasteiger partial charge < -0.3 is 9.64 Å². The van der Waals surface area contributed by atoms with Gasteiger partial charge in [0.15, 0.2) is 0 Å². The third kappa shape index (κ3) is 3.69. The van der Waals surface area contributed by atoms with Crippen LogP contribution in [0.25, 0.3) is 0 Å². The molecule has 0 bridgehead atoms. The number of ether oxygens (including phenoxy) is 1. The zero-order valence-corrected chi connectivity index (χ0v) is 14.3. The molecular formula is C23H22NO. The normalized spacial score (nSPS) is 13.5. The summed E-state index contributed by atoms with van der Waals surface area (Å²) in [5.41, 5.74) is 4.64. The lowest BCUT2D eigenvalue weighted by Gasteiger charge is -2.26. The second-order valence-electron chi connectivity index (χ2n) is 6.50. The summed E-state index contributed by atoms with van der Waals surface area (Å²) in [6, 6.07) is 27.6. The Balaban J connectivity index is 1.51. The zero-order chi connectivity index (χ0) is 17.1. The summed E-state index contributed by atoms with van der Waals surface area (Å²) in [6.07, 6.45) is 2.47. The maximum Gasteiger partial charge on any atom is 0.119 e. The molecule has 0 heterocycles. The lowest BCUT2D eigenvalue weighted by molar-refractivity contribution is 0.306. The number of benzene rings is 3. The minimum absolute atomic E-state index is 0.582. The van der Waals surface area contributed by atoms with Gasteiger partial charge in [0.25, 0.3) is 0 Å². The summed E-state index contributed by atoms with van der Waals surface area (Å²) >= 11 is 0. The fourth-order valence-corrected chi connectivity index (χ4v) is 3.07. The molecule has 0 amide bonds. The van der Waals surface area contributed by atoms with Gasteiger partial charge in [0.05, 0.1) is 0 Å². The Morgan fingerprint density at radius 1 is 0.840 bits per heavy atom. The van der Waals surface area contributed by atoms with E-state index in [2.05, 4.69) is 66.4 Å². The largest absolute Gasteiger partial charge is 0.489 e. The average molecular weight is 328 g/mol. The van der Waals surface area contributed by atoms with E-state index in [9.17, 15) is 0 Å². The first-order valence-corrected chi connectivity index (χ1v) is 8.78. The molecule has 0 aromatic heterocycles. The van der Waals surface area contributed by atoms with Crippen molar-refractivity contribution in [1.82, 2.24) is 0 Å². The summed E-state index contributed by atoms with van der Waals surface area (Å²) in [4.78, 5) is 2.41. The predicted octanol–water partition coefficient (Wildman–Crippen LogP) is 5.75. The number of anilines is 2. The Labute approximate surface area is 149 Å². The fourth-order valence-electron chi connectivity index (χ4n) is 3.07. The molecule has 1 aliphatic carbocycles. The second-order valence-corrected chi connectivity index (χ2v) is 6.50. The van der Waals surface area contributed by atoms with Crippen molar-refractivity contribution in [3.63, 3.8) is 0 Å². The quantitative estimate of drug-likeness (QED) is 0.571. The first-order valence-electron chi connectivity index (χ1n) is 8.78. The van der Waals surface area contributed by atoms with Crippen molar-refractivity contribution in [3.8, 4) is 5.75 Å². The Bertz CT molecular complexity index is 822. The van der Waals surface area contributed by atoms with Crippen LogP contribution in [0.4, 0.5) is 11.4 Å². The standard InChI is InChI=1S/C23H22NO/c1-18-7-5-6-10-23(18)24(20-11-12-20)21-13-15-22(16-14-21)25-17-19-8-3-2-4-9-19/h2-10,13-16,20H,1,11-12,17H2. The van der Waals surface area contributed by atoms with Crippen molar-refractivity contribution in [2.24, 2.45) is 0 Å². The van der Waals surface area contributed by atoms with Crippen molar-refractivity contribution in [2.45, 2.75) is 25.5 Å². The highest BCUT2D eigenvalue weighted by Gasteiger charge is 2.31. The van der Waals surface area contributed by atoms with Crippen molar-refractivity contribution >= 4 is 11.4 Å². The van der Waals surface area contributed by atoms with Gasteiger partial charge in [0, 0.05) is 17.4 Å². The van der Waals surface area contributed by atoms with Gasteiger partial charge in [-0.25, -0.2) is 0 Å². The van der Waals surface area contributed by atoms with E-state index in [0.717, 1.165) is 11.3 Å². The van der Waals surface area contributed by atoms with E-state index < -0.39 is 0 Å². The maximum absolute atomic E-state index is 5.90. The highest BCUT2D eigenvalue weighted by molar-refractivity contribution is 5.69. The van der Waals surface area contributed by atoms with E-state index in [1.54, 1.807) is 0 Å². The molecule has 3 aromatic rings. The Kier molecular flexibility index (Phi) is 4.43. The maximum atomic E-state index is 5.90. The van der Waals surface area contributed by atoms with Gasteiger partial charge in [0.1, 0.15) is 12.4 Å². The van der Waals surface area contributed by atoms with E-state index in [1.807, 2.05) is 24.3 Å². The van der Waals surface area contributed by atoms with Crippen molar-refractivity contribution < 1.29 is 4.74 Å². The minimum atomic E-state index is 0.582. The fraction of sp³-hybridized carbons (Fsp3) is 0.174. The van der Waals surface area contributed by atoms with Crippen molar-refractivity contribution in [2.75, 3.05) is 4.90 Å². The number of hydrogen-bond acceptors (Lipinski definition) is 2. The molecule has 1 aliphatic rings. The van der Waals surface area contributed by atoms with Crippen LogP contribution in [0, 0.1) is 6.92 Å². The van der Waals surface area contributed by atoms with Crippen LogP contribution in [0.1, 0.15) is 24.0 Å². The molecule has 0 aliphatic heterocycles. The van der Waals surface area contributed by atoms with Crippen molar-refractivity contribution in [1.29, 1.82) is 0 Å². The Morgan fingerprint density at radius 2 is 1.52 bits per heavy atom. The molecule has 3 aromatic carbocycles. The van der Waals surface area contributed by atoms with E-state index in [4.69, 9.17) is 4.74 Å². The van der Waals surface area contributed by atoms with E-state index >= 15 is 0 Å². The van der Waals surface area contributed by atoms with Gasteiger partial charge in [-0.1, -0.05) is 48.5 Å². The van der Waals surface area contributed by atoms with E-state index in [-0.39, 0.29) is 0 Å². The highest BCUT2D eigenvalue weighted by atomic mass is 16.5. The molecular weight excluding hydrogens is 306 g/mol. The summed E-state index contributed by atoms with van der Waals surface area (Å²) in [7, 11) is 0. The monoisotopic (exact) mass is 328 g/mol. The van der Waals surface area contributed by atoms with Gasteiger partial charge in [-0.15, -0.1) is 0 Å². The second kappa shape index (κ2) is 7.02. The van der Waals surface area contributed by atoms with Crippen LogP contribution in [0.5, 0.6) is 5.75 Å². The molecule has 1 saturated carbocycles. The Morgan fingerprint density at radius 3 is 2.20 bits per heavy atom. The first kappa shape index (κ1) is 15.8. The van der Waals surface area contributed by atoms with Crippen LogP contribution in [0.2, 0.25) is 0 Å². The van der Waals surface area contributed by atoms with Gasteiger partial charge in [-0.2, -0.15) is 0 Å². The zero-order valence-electron chi connectivity index (χ0n) is 14.3. The topological polar surface area (TPSA) is 12.5 Å². The van der Waals surface area contributed by atoms with Gasteiger partial charge in [-0.3, -0.25) is 0 Å². The van der Waals surface area contributed by atoms with Gasteiger partial charge in [0.2, 0.25) is 0 Å². The van der Waals surface area contributed by atoms with E-state index in [1.165, 1.54) is 29.8 Å². The van der Waals surface area contributed by atoms with Crippen LogP contribution in [-0.4, -0.2) is 6.04 Å². The first-order chi connectivity index (χ1) is 12.3. The third-order valence-electron chi connectivity index (χ3n) is 4.53. The van der Waals surface area contributed by atoms with Gasteiger partial charge in [-0.05, 0) is 61.2 Å². The summed E-state index contributed by atoms with van der Waals surface area (Å²) in [6.45, 7) is 4.78. The van der Waals surface area contributed by atoms with Gasteiger partial charge >= 0.3 is 0 Å². The Hall–Kier alpha value is -2.74. The SMILES string of the molecule is [CH2]c1ccccc1N(c1ccc(OCc2ccccc2)cc1)C1CC1. The summed E-state index contributed by atoms with van der Waals surface area (Å²) in [5.74, 6) is 0.895. The molecule has 2 nitrogen and oxygen atoms in total. The van der Waals surface area contributed by atoms with E-state index in [0.29, 0.717) is 12.6 Å². The number of nitrogens with zero attached hydrogens (tertiary/aromatic N) is 1. The molecule has 1 fully saturated rings. The van der Waals surface area contributed by atoms with Crippen LogP contribution in [0.15, 0.2) is 78.9 Å². The lowest BCUT2D eigenvalue weighted by Crippen LogP contribution is -2.20. The predicted molar refractivity (Wildman–Crippen MR) is 103 cm³/mol. The molecule has 125 valence electrons. The number of para-hydroxylation sites is 1. The summed E-state index contributed by atoms with van der Waals surface area (Å²) < 4.78 is 5.90. The molecule has 0 saturated heterocycles. The molecule has 0 N–H and O–H groups in total. The van der Waals surface area contributed by atoms with Crippen LogP contribution < -0.4 is 9.64 Å². The highest BCUT2D eigenvalue weighted by Crippen LogP contribution is 2.39. The molecule has 4 rings (SSSR count). The molecule has 0 atom stereocenters. The average Bonchev–Trinajstić information content (AvgIpc) is 3.49. The molecule has 25 heavy (non-hydrogen) atoms. The minimum Gasteiger partial charge on any atom is -0.489 e. The molecule has 1 radical (unpaired) electrons. The van der Waals surface area contributed by atoms with Crippen LogP contribution in [0.3, 0.4) is 0 Å². The molecule has 0 unspecified atom stereocenters. The van der Waals surface area contributed by atoms with Crippen LogP contribution in [-0.2, 0) is 6.61 Å². The van der Waals surface area contributed by atoms with Crippen molar-refractivity contribution in [3.05, 3.63) is 96.9 Å². The molecule has 2 heteroatoms. The molecule has 0 spiro atoms. The lowest BCUT2D eigenvalue weighted by atomic mass is 10.1. The number of hydrogen-bond donors (Lipinski definition) is 0. The number of rotatable bonds is 6. The third-order valence-corrected chi connectivity index (χ3v) is 4.53. The smallest absolute Gasteiger partial charge is 0.119 e. The van der Waals surface area contributed by atoms with Crippen LogP contribution >= 0.6 is 0 Å². The summed E-state index contributed by atoms with van der Waals surface area (Å²) in [5, 5.41) is 0.